The number of nitro groups is 1. The Hall–Kier alpha value is -2.92. The van der Waals surface area contributed by atoms with Crippen LogP contribution in [0.1, 0.15) is 11.1 Å². The zero-order chi connectivity index (χ0) is 17.7. The maximum Gasteiger partial charge on any atom is 0.293 e. The molecule has 24 heavy (non-hydrogen) atoms. The first-order chi connectivity index (χ1) is 11.4. The lowest BCUT2D eigenvalue weighted by molar-refractivity contribution is -0.384. The van der Waals surface area contributed by atoms with E-state index in [1.54, 1.807) is 6.07 Å². The minimum Gasteiger partial charge on any atom is -0.371 e. The fourth-order valence-electron chi connectivity index (χ4n) is 2.04. The van der Waals surface area contributed by atoms with Gasteiger partial charge in [0.2, 0.25) is 5.91 Å². The molecule has 0 radical (unpaired) electrons. The third-order valence-electron chi connectivity index (χ3n) is 3.23. The van der Waals surface area contributed by atoms with Crippen molar-refractivity contribution in [1.82, 2.24) is 0 Å². The summed E-state index contributed by atoms with van der Waals surface area (Å²) in [5.74, 6) is -0.334. The highest BCUT2D eigenvalue weighted by atomic mass is 79.9. The number of carbonyl (C=O) groups excluding carboxylic acids is 1. The molecule has 0 unspecified atom stereocenters. The Bertz CT molecular complexity index is 846. The predicted molar refractivity (Wildman–Crippen MR) is 93.8 cm³/mol. The molecule has 8 heteroatoms. The third kappa shape index (κ3) is 4.30. The normalized spacial score (nSPS) is 9.88. The van der Waals surface area contributed by atoms with Gasteiger partial charge in [0.15, 0.2) is 0 Å². The standard InChI is InChI=1S/C16H13BrN4O3/c1-10-6-12(17)3-5-13(10)20-16(22)9-19-14-4-2-11(8-18)7-15(14)21(23)24/h2-7,19H,9H2,1H3,(H,20,22). The molecule has 0 bridgehead atoms. The fourth-order valence-corrected chi connectivity index (χ4v) is 2.51. The van der Waals surface area contributed by atoms with Crippen molar-refractivity contribution in [2.75, 3.05) is 17.2 Å². The summed E-state index contributed by atoms with van der Waals surface area (Å²) < 4.78 is 0.907. The lowest BCUT2D eigenvalue weighted by atomic mass is 10.2. The van der Waals surface area contributed by atoms with Gasteiger partial charge in [-0.1, -0.05) is 15.9 Å². The smallest absolute Gasteiger partial charge is 0.293 e. The van der Waals surface area contributed by atoms with E-state index in [-0.39, 0.29) is 29.4 Å². The molecule has 0 spiro atoms. The van der Waals surface area contributed by atoms with Gasteiger partial charge in [0.1, 0.15) is 5.69 Å². The molecular formula is C16H13BrN4O3. The minimum atomic E-state index is -0.597. The monoisotopic (exact) mass is 388 g/mol. The van der Waals surface area contributed by atoms with Crippen molar-refractivity contribution in [3.63, 3.8) is 0 Å². The third-order valence-corrected chi connectivity index (χ3v) is 3.72. The van der Waals surface area contributed by atoms with Crippen molar-refractivity contribution in [3.05, 3.63) is 62.1 Å². The van der Waals surface area contributed by atoms with Crippen molar-refractivity contribution in [1.29, 1.82) is 5.26 Å². The van der Waals surface area contributed by atoms with Gasteiger partial charge in [-0.15, -0.1) is 0 Å². The molecule has 0 aromatic heterocycles. The minimum absolute atomic E-state index is 0.137. The highest BCUT2D eigenvalue weighted by Gasteiger charge is 2.15. The summed E-state index contributed by atoms with van der Waals surface area (Å²) in [6.45, 7) is 1.72. The molecule has 2 aromatic carbocycles. The molecule has 2 rings (SSSR count). The molecule has 7 nitrogen and oxygen atoms in total. The summed E-state index contributed by atoms with van der Waals surface area (Å²) in [6, 6.07) is 11.3. The van der Waals surface area contributed by atoms with Crippen LogP contribution in [0.25, 0.3) is 0 Å². The van der Waals surface area contributed by atoms with Crippen LogP contribution in [0.2, 0.25) is 0 Å². The first-order valence-corrected chi connectivity index (χ1v) is 7.68. The number of nitrogens with one attached hydrogen (secondary N) is 2. The van der Waals surface area contributed by atoms with Crippen molar-refractivity contribution < 1.29 is 9.72 Å². The number of hydrogen-bond donors (Lipinski definition) is 2. The van der Waals surface area contributed by atoms with Crippen LogP contribution >= 0.6 is 15.9 Å². The van der Waals surface area contributed by atoms with Crippen LogP contribution < -0.4 is 10.6 Å². The number of aryl methyl sites for hydroxylation is 1. The lowest BCUT2D eigenvalue weighted by Crippen LogP contribution is -2.22. The van der Waals surface area contributed by atoms with E-state index in [0.717, 1.165) is 10.0 Å². The summed E-state index contributed by atoms with van der Waals surface area (Å²) in [4.78, 5) is 22.5. The molecule has 0 saturated heterocycles. The molecule has 0 heterocycles. The first kappa shape index (κ1) is 17.4. The molecule has 2 aromatic rings. The Labute approximate surface area is 146 Å². The molecule has 2 N–H and O–H groups in total. The average Bonchev–Trinajstić information content (AvgIpc) is 2.55. The molecule has 0 saturated carbocycles. The maximum atomic E-state index is 12.0. The second-order valence-corrected chi connectivity index (χ2v) is 5.88. The second kappa shape index (κ2) is 7.57. The van der Waals surface area contributed by atoms with Crippen molar-refractivity contribution in [2.24, 2.45) is 0 Å². The zero-order valence-electron chi connectivity index (χ0n) is 12.7. The number of nitro benzene ring substituents is 1. The molecule has 0 aliphatic heterocycles. The highest BCUT2D eigenvalue weighted by Crippen LogP contribution is 2.25. The summed E-state index contributed by atoms with van der Waals surface area (Å²) in [5, 5.41) is 25.3. The van der Waals surface area contributed by atoms with E-state index in [2.05, 4.69) is 26.6 Å². The van der Waals surface area contributed by atoms with Gasteiger partial charge >= 0.3 is 0 Å². The van der Waals surface area contributed by atoms with Gasteiger partial charge < -0.3 is 10.6 Å². The van der Waals surface area contributed by atoms with E-state index in [1.165, 1.54) is 18.2 Å². The molecular weight excluding hydrogens is 376 g/mol. The van der Waals surface area contributed by atoms with Crippen LogP contribution in [0.3, 0.4) is 0 Å². The van der Waals surface area contributed by atoms with Gasteiger partial charge in [0.05, 0.1) is 23.1 Å². The Balaban J connectivity index is 2.06. The van der Waals surface area contributed by atoms with E-state index in [1.807, 2.05) is 25.1 Å². The summed E-state index contributed by atoms with van der Waals surface area (Å²) >= 11 is 3.35. The number of carbonyl (C=O) groups is 1. The van der Waals surface area contributed by atoms with Gasteiger partial charge in [-0.3, -0.25) is 14.9 Å². The molecule has 0 fully saturated rings. The SMILES string of the molecule is Cc1cc(Br)ccc1NC(=O)CNc1ccc(C#N)cc1[N+](=O)[O-]. The molecule has 122 valence electrons. The number of anilines is 2. The van der Waals surface area contributed by atoms with Gasteiger partial charge in [-0.05, 0) is 42.8 Å². The van der Waals surface area contributed by atoms with Crippen molar-refractivity contribution >= 4 is 38.9 Å². The van der Waals surface area contributed by atoms with Crippen LogP contribution in [0.15, 0.2) is 40.9 Å². The lowest BCUT2D eigenvalue weighted by Gasteiger charge is -2.10. The Morgan fingerprint density at radius 1 is 1.29 bits per heavy atom. The van der Waals surface area contributed by atoms with E-state index in [4.69, 9.17) is 5.26 Å². The summed E-state index contributed by atoms with van der Waals surface area (Å²) in [6.07, 6.45) is 0. The van der Waals surface area contributed by atoms with Crippen LogP contribution in [0.5, 0.6) is 0 Å². The number of halogens is 1. The van der Waals surface area contributed by atoms with Gasteiger partial charge in [0.25, 0.3) is 5.69 Å². The quantitative estimate of drug-likeness (QED) is 0.600. The highest BCUT2D eigenvalue weighted by molar-refractivity contribution is 9.10. The van der Waals surface area contributed by atoms with Crippen LogP contribution in [-0.4, -0.2) is 17.4 Å². The summed E-state index contributed by atoms with van der Waals surface area (Å²) in [7, 11) is 0. The first-order valence-electron chi connectivity index (χ1n) is 6.89. The molecule has 0 aliphatic rings. The van der Waals surface area contributed by atoms with E-state index in [9.17, 15) is 14.9 Å². The largest absolute Gasteiger partial charge is 0.371 e. The Morgan fingerprint density at radius 3 is 2.62 bits per heavy atom. The van der Waals surface area contributed by atoms with Crippen LogP contribution in [0.4, 0.5) is 17.1 Å². The van der Waals surface area contributed by atoms with Crippen molar-refractivity contribution in [2.45, 2.75) is 6.92 Å². The number of rotatable bonds is 5. The van der Waals surface area contributed by atoms with Crippen LogP contribution in [-0.2, 0) is 4.79 Å². The van der Waals surface area contributed by atoms with E-state index in [0.29, 0.717) is 5.69 Å². The number of hydrogen-bond acceptors (Lipinski definition) is 5. The molecule has 1 amide bonds. The van der Waals surface area contributed by atoms with Crippen molar-refractivity contribution in [3.8, 4) is 6.07 Å². The average molecular weight is 389 g/mol. The van der Waals surface area contributed by atoms with E-state index < -0.39 is 4.92 Å². The summed E-state index contributed by atoms with van der Waals surface area (Å²) in [5.41, 5.74) is 1.67. The van der Waals surface area contributed by atoms with Gasteiger partial charge in [0, 0.05) is 16.2 Å². The number of benzene rings is 2. The van der Waals surface area contributed by atoms with Gasteiger partial charge in [-0.2, -0.15) is 5.26 Å². The zero-order valence-corrected chi connectivity index (χ0v) is 14.3. The fraction of sp³-hybridized carbons (Fsp3) is 0.125. The number of amides is 1. The van der Waals surface area contributed by atoms with E-state index >= 15 is 0 Å². The molecule has 0 aliphatic carbocycles. The van der Waals surface area contributed by atoms with Gasteiger partial charge in [-0.25, -0.2) is 0 Å². The Kier molecular flexibility index (Phi) is 5.50. The number of nitrogens with zero attached hydrogens (tertiary/aromatic N) is 2. The number of nitriles is 1. The predicted octanol–water partition coefficient (Wildman–Crippen LogP) is 3.59. The molecule has 0 atom stereocenters. The Morgan fingerprint density at radius 2 is 2.00 bits per heavy atom. The topological polar surface area (TPSA) is 108 Å². The van der Waals surface area contributed by atoms with Crippen LogP contribution in [0, 0.1) is 28.4 Å². The second-order valence-electron chi connectivity index (χ2n) is 4.96. The maximum absolute atomic E-state index is 12.0.